The van der Waals surface area contributed by atoms with Gasteiger partial charge >= 0.3 is 0 Å². The van der Waals surface area contributed by atoms with Crippen LogP contribution in [0.15, 0.2) is 45.6 Å². The molecular formula is C12H9Br2N3O2. The van der Waals surface area contributed by atoms with E-state index < -0.39 is 4.92 Å². The molecule has 0 amide bonds. The van der Waals surface area contributed by atoms with E-state index >= 15 is 0 Å². The smallest absolute Gasteiger partial charge is 0.283 e. The highest BCUT2D eigenvalue weighted by Gasteiger charge is 2.11. The second kappa shape index (κ2) is 6.12. The normalized spacial score (nSPS) is 10.2. The lowest BCUT2D eigenvalue weighted by atomic mass is 10.2. The first-order chi connectivity index (χ1) is 9.06. The lowest BCUT2D eigenvalue weighted by Crippen LogP contribution is -2.00. The third-order valence-electron chi connectivity index (χ3n) is 2.43. The maximum Gasteiger partial charge on any atom is 0.283 e. The van der Waals surface area contributed by atoms with Crippen molar-refractivity contribution in [3.05, 3.63) is 61.3 Å². The Hall–Kier alpha value is -1.47. The average Bonchev–Trinajstić information content (AvgIpc) is 2.39. The topological polar surface area (TPSA) is 68.1 Å². The number of benzene rings is 1. The fraction of sp³-hybridized carbons (Fsp3) is 0.0833. The Kier molecular flexibility index (Phi) is 4.49. The third kappa shape index (κ3) is 3.74. The number of hydrogen-bond acceptors (Lipinski definition) is 4. The Morgan fingerprint density at radius 3 is 2.68 bits per heavy atom. The van der Waals surface area contributed by atoms with Crippen LogP contribution < -0.4 is 5.32 Å². The summed E-state index contributed by atoms with van der Waals surface area (Å²) >= 11 is 6.41. The molecule has 2 aromatic rings. The minimum atomic E-state index is -0.408. The Morgan fingerprint density at radius 2 is 2.05 bits per heavy atom. The van der Waals surface area contributed by atoms with Crippen molar-refractivity contribution in [1.82, 2.24) is 4.98 Å². The minimum Gasteiger partial charge on any atom is -0.380 e. The summed E-state index contributed by atoms with van der Waals surface area (Å²) in [5.74, 6) is 0. The highest BCUT2D eigenvalue weighted by molar-refractivity contribution is 9.10. The van der Waals surface area contributed by atoms with Gasteiger partial charge in [0.1, 0.15) is 4.60 Å². The molecule has 0 saturated heterocycles. The van der Waals surface area contributed by atoms with Gasteiger partial charge in [-0.1, -0.05) is 6.07 Å². The summed E-state index contributed by atoms with van der Waals surface area (Å²) in [6.45, 7) is 0.497. The number of nitrogens with one attached hydrogen (secondary N) is 1. The molecule has 0 saturated carbocycles. The van der Waals surface area contributed by atoms with Gasteiger partial charge in [0.2, 0.25) is 0 Å². The van der Waals surface area contributed by atoms with Crippen molar-refractivity contribution >= 4 is 43.2 Å². The van der Waals surface area contributed by atoms with Gasteiger partial charge in [-0.05, 0) is 55.6 Å². The van der Waals surface area contributed by atoms with Crippen LogP contribution in [-0.4, -0.2) is 9.91 Å². The van der Waals surface area contributed by atoms with Gasteiger partial charge in [0, 0.05) is 12.6 Å². The second-order valence-electron chi connectivity index (χ2n) is 3.77. The Balaban J connectivity index is 2.09. The number of nitrogens with zero attached hydrogens (tertiary/aromatic N) is 2. The molecule has 0 radical (unpaired) electrons. The number of pyridine rings is 1. The van der Waals surface area contributed by atoms with Gasteiger partial charge in [-0.25, -0.2) is 4.98 Å². The molecule has 0 aliphatic heterocycles. The monoisotopic (exact) mass is 385 g/mol. The minimum absolute atomic E-state index is 0.0632. The first-order valence-electron chi connectivity index (χ1n) is 5.34. The van der Waals surface area contributed by atoms with Crippen molar-refractivity contribution in [3.63, 3.8) is 0 Å². The lowest BCUT2D eigenvalue weighted by molar-refractivity contribution is -0.385. The largest absolute Gasteiger partial charge is 0.380 e. The maximum absolute atomic E-state index is 10.8. The second-order valence-corrected chi connectivity index (χ2v) is 5.43. The molecule has 0 atom stereocenters. The standard InChI is InChI=1S/C12H9Br2N3O2/c13-10-3-1-8(5-11(10)17(18)19)6-15-9-2-4-12(14)16-7-9/h1-5,7,15H,6H2. The van der Waals surface area contributed by atoms with E-state index in [0.717, 1.165) is 15.9 Å². The van der Waals surface area contributed by atoms with Gasteiger partial charge in [-0.15, -0.1) is 0 Å². The highest BCUT2D eigenvalue weighted by atomic mass is 79.9. The van der Waals surface area contributed by atoms with E-state index in [4.69, 9.17) is 0 Å². The van der Waals surface area contributed by atoms with Gasteiger partial charge in [0.15, 0.2) is 0 Å². The summed E-state index contributed by atoms with van der Waals surface area (Å²) in [5.41, 5.74) is 1.75. The first-order valence-corrected chi connectivity index (χ1v) is 6.93. The van der Waals surface area contributed by atoms with Crippen molar-refractivity contribution in [2.24, 2.45) is 0 Å². The molecule has 1 aromatic heterocycles. The van der Waals surface area contributed by atoms with E-state index in [1.54, 1.807) is 18.3 Å². The van der Waals surface area contributed by atoms with Crippen molar-refractivity contribution in [1.29, 1.82) is 0 Å². The van der Waals surface area contributed by atoms with Crippen molar-refractivity contribution in [2.75, 3.05) is 5.32 Å². The SMILES string of the molecule is O=[N+]([O-])c1cc(CNc2ccc(Br)nc2)ccc1Br. The third-order valence-corrected chi connectivity index (χ3v) is 3.57. The molecular weight excluding hydrogens is 378 g/mol. The summed E-state index contributed by atoms with van der Waals surface area (Å²) in [6, 6.07) is 8.76. The summed E-state index contributed by atoms with van der Waals surface area (Å²) in [5, 5.41) is 14.0. The Bertz CT molecular complexity index is 602. The van der Waals surface area contributed by atoms with Crippen LogP contribution in [0.3, 0.4) is 0 Å². The predicted molar refractivity (Wildman–Crippen MR) is 80.1 cm³/mol. The molecule has 98 valence electrons. The predicted octanol–water partition coefficient (Wildman–Crippen LogP) is 4.13. The highest BCUT2D eigenvalue weighted by Crippen LogP contribution is 2.26. The molecule has 1 N–H and O–H groups in total. The average molecular weight is 387 g/mol. The van der Waals surface area contributed by atoms with Crippen LogP contribution in [0, 0.1) is 10.1 Å². The zero-order chi connectivity index (χ0) is 13.8. The Labute approximate surface area is 126 Å². The van der Waals surface area contributed by atoms with Crippen LogP contribution in [-0.2, 0) is 6.54 Å². The summed E-state index contributed by atoms with van der Waals surface area (Å²) in [4.78, 5) is 14.5. The van der Waals surface area contributed by atoms with Crippen LogP contribution >= 0.6 is 31.9 Å². The first kappa shape index (κ1) is 14.0. The van der Waals surface area contributed by atoms with Crippen LogP contribution in [0.1, 0.15) is 5.56 Å². The van der Waals surface area contributed by atoms with Crippen molar-refractivity contribution in [2.45, 2.75) is 6.54 Å². The summed E-state index contributed by atoms with van der Waals surface area (Å²) in [6.07, 6.45) is 1.69. The number of aromatic nitrogens is 1. The fourth-order valence-electron chi connectivity index (χ4n) is 1.49. The van der Waals surface area contributed by atoms with E-state index in [1.807, 2.05) is 18.2 Å². The molecule has 19 heavy (non-hydrogen) atoms. The Morgan fingerprint density at radius 1 is 1.26 bits per heavy atom. The molecule has 2 rings (SSSR count). The molecule has 5 nitrogen and oxygen atoms in total. The van der Waals surface area contributed by atoms with E-state index in [2.05, 4.69) is 42.2 Å². The molecule has 0 aliphatic rings. The number of hydrogen-bond donors (Lipinski definition) is 1. The molecule has 0 bridgehead atoms. The van der Waals surface area contributed by atoms with E-state index in [0.29, 0.717) is 11.0 Å². The molecule has 0 aliphatic carbocycles. The van der Waals surface area contributed by atoms with Crippen LogP contribution in [0.2, 0.25) is 0 Å². The van der Waals surface area contributed by atoms with E-state index in [9.17, 15) is 10.1 Å². The van der Waals surface area contributed by atoms with Crippen LogP contribution in [0.25, 0.3) is 0 Å². The fourth-order valence-corrected chi connectivity index (χ4v) is 2.12. The zero-order valence-electron chi connectivity index (χ0n) is 9.64. The van der Waals surface area contributed by atoms with Gasteiger partial charge < -0.3 is 5.32 Å². The van der Waals surface area contributed by atoms with Gasteiger partial charge in [0.05, 0.1) is 21.3 Å². The quantitative estimate of drug-likeness (QED) is 0.487. The van der Waals surface area contributed by atoms with E-state index in [1.165, 1.54) is 0 Å². The lowest BCUT2D eigenvalue weighted by Gasteiger charge is -2.06. The van der Waals surface area contributed by atoms with Gasteiger partial charge in [-0.2, -0.15) is 0 Å². The van der Waals surface area contributed by atoms with Crippen LogP contribution in [0.5, 0.6) is 0 Å². The van der Waals surface area contributed by atoms with Gasteiger partial charge in [0.25, 0.3) is 5.69 Å². The molecule has 0 spiro atoms. The van der Waals surface area contributed by atoms with Crippen LogP contribution in [0.4, 0.5) is 11.4 Å². The zero-order valence-corrected chi connectivity index (χ0v) is 12.8. The van der Waals surface area contributed by atoms with Gasteiger partial charge in [-0.3, -0.25) is 10.1 Å². The summed E-state index contributed by atoms with van der Waals surface area (Å²) < 4.78 is 1.24. The van der Waals surface area contributed by atoms with E-state index in [-0.39, 0.29) is 5.69 Å². The number of halogens is 2. The molecule has 0 unspecified atom stereocenters. The number of rotatable bonds is 4. The number of nitro groups is 1. The molecule has 0 fully saturated rings. The molecule has 1 aromatic carbocycles. The van der Waals surface area contributed by atoms with Crippen molar-refractivity contribution < 1.29 is 4.92 Å². The molecule has 1 heterocycles. The number of nitro benzene ring substituents is 1. The molecule has 7 heteroatoms. The van der Waals surface area contributed by atoms with Crippen molar-refractivity contribution in [3.8, 4) is 0 Å². The number of anilines is 1. The maximum atomic E-state index is 10.8. The summed E-state index contributed by atoms with van der Waals surface area (Å²) in [7, 11) is 0.